The third-order valence-corrected chi connectivity index (χ3v) is 5.20. The lowest BCUT2D eigenvalue weighted by Crippen LogP contribution is -2.26. The average Bonchev–Trinajstić information content (AvgIpc) is 2.80. The molecule has 4 aromatic rings. The van der Waals surface area contributed by atoms with Crippen LogP contribution in [0.1, 0.15) is 18.4 Å². The van der Waals surface area contributed by atoms with Crippen LogP contribution in [0, 0.1) is 0 Å². The second kappa shape index (κ2) is 10.3. The van der Waals surface area contributed by atoms with E-state index >= 15 is 0 Å². The van der Waals surface area contributed by atoms with Crippen molar-refractivity contribution in [1.29, 1.82) is 0 Å². The molecule has 0 fully saturated rings. The number of alkyl carbamates (subject to hydrolysis) is 1. The molecule has 0 spiro atoms. The number of halogens is 1. The maximum absolute atomic E-state index is 12.7. The summed E-state index contributed by atoms with van der Waals surface area (Å²) < 4.78 is 16.0. The number of ether oxygens (including phenoxy) is 2. The van der Waals surface area contributed by atoms with Crippen molar-refractivity contribution in [3.8, 4) is 11.5 Å². The fourth-order valence-electron chi connectivity index (χ4n) is 3.34. The molecule has 34 heavy (non-hydrogen) atoms. The van der Waals surface area contributed by atoms with Crippen molar-refractivity contribution in [2.75, 3.05) is 6.54 Å². The molecule has 2 N–H and O–H groups in total. The van der Waals surface area contributed by atoms with Crippen LogP contribution in [-0.2, 0) is 16.1 Å². The van der Waals surface area contributed by atoms with Crippen molar-refractivity contribution in [2.45, 2.75) is 19.4 Å². The Morgan fingerprint density at radius 3 is 2.62 bits per heavy atom. The van der Waals surface area contributed by atoms with Gasteiger partial charge in [-0.15, -0.1) is 0 Å². The van der Waals surface area contributed by atoms with Gasteiger partial charge in [-0.2, -0.15) is 0 Å². The van der Waals surface area contributed by atoms with Gasteiger partial charge in [0, 0.05) is 36.2 Å². The second-order valence-electron chi connectivity index (χ2n) is 7.45. The number of amides is 1. The summed E-state index contributed by atoms with van der Waals surface area (Å²) in [5.74, 6) is -0.923. The van der Waals surface area contributed by atoms with Crippen molar-refractivity contribution < 1.29 is 28.6 Å². The van der Waals surface area contributed by atoms with Gasteiger partial charge >= 0.3 is 12.1 Å². The van der Waals surface area contributed by atoms with Crippen LogP contribution in [0.25, 0.3) is 21.9 Å². The van der Waals surface area contributed by atoms with Gasteiger partial charge in [0.15, 0.2) is 0 Å². The highest BCUT2D eigenvalue weighted by molar-refractivity contribution is 6.31. The highest BCUT2D eigenvalue weighted by Gasteiger charge is 2.15. The molecule has 0 bridgehead atoms. The number of phenolic OH excluding ortho intramolecular Hbond substituents is 1. The molecule has 0 atom stereocenters. The lowest BCUT2D eigenvalue weighted by Gasteiger charge is -2.09. The maximum atomic E-state index is 12.7. The molecule has 8 nitrogen and oxygen atoms in total. The van der Waals surface area contributed by atoms with E-state index in [4.69, 9.17) is 25.5 Å². The van der Waals surface area contributed by atoms with E-state index in [-0.39, 0.29) is 53.0 Å². The summed E-state index contributed by atoms with van der Waals surface area (Å²) >= 11 is 5.96. The number of hydrogen-bond acceptors (Lipinski definition) is 7. The van der Waals surface area contributed by atoms with E-state index in [0.29, 0.717) is 11.4 Å². The number of benzene rings is 3. The number of esters is 1. The van der Waals surface area contributed by atoms with E-state index < -0.39 is 17.5 Å². The van der Waals surface area contributed by atoms with Gasteiger partial charge in [-0.3, -0.25) is 9.59 Å². The molecule has 1 heterocycles. The van der Waals surface area contributed by atoms with Crippen LogP contribution in [-0.4, -0.2) is 23.7 Å². The first-order valence-corrected chi connectivity index (χ1v) is 10.8. The van der Waals surface area contributed by atoms with Crippen molar-refractivity contribution in [3.63, 3.8) is 0 Å². The molecule has 3 aromatic carbocycles. The van der Waals surface area contributed by atoms with Crippen LogP contribution in [0.4, 0.5) is 4.79 Å². The minimum Gasteiger partial charge on any atom is -0.507 e. The van der Waals surface area contributed by atoms with Crippen LogP contribution in [0.2, 0.25) is 5.02 Å². The average molecular weight is 482 g/mol. The number of phenols is 1. The van der Waals surface area contributed by atoms with E-state index in [2.05, 4.69) is 5.32 Å². The Bertz CT molecular complexity index is 1420. The first-order valence-electron chi connectivity index (χ1n) is 10.4. The highest BCUT2D eigenvalue weighted by Crippen LogP contribution is 2.31. The summed E-state index contributed by atoms with van der Waals surface area (Å²) in [5, 5.41) is 13.5. The quantitative estimate of drug-likeness (QED) is 0.167. The smallest absolute Gasteiger partial charge is 0.407 e. The number of hydrogen-bond donors (Lipinski definition) is 2. The molecule has 1 aromatic heterocycles. The Kier molecular flexibility index (Phi) is 6.98. The molecular formula is C25H20ClNO7. The maximum Gasteiger partial charge on any atom is 0.407 e. The number of fused-ring (bicyclic) bond motifs is 2. The number of carbonyl (C=O) groups is 2. The molecule has 4 rings (SSSR count). The SMILES string of the molecule is O=C(CCCNC(=O)OCc1ccccc1)Oc1cc(O)c2c(=O)c3ccc(Cl)cc3oc2c1. The van der Waals surface area contributed by atoms with Gasteiger partial charge in [0.1, 0.15) is 34.7 Å². The third kappa shape index (κ3) is 5.47. The molecular weight excluding hydrogens is 462 g/mol. The van der Waals surface area contributed by atoms with E-state index in [9.17, 15) is 19.5 Å². The zero-order chi connectivity index (χ0) is 24.1. The molecule has 0 unspecified atom stereocenters. The lowest BCUT2D eigenvalue weighted by molar-refractivity contribution is -0.134. The summed E-state index contributed by atoms with van der Waals surface area (Å²) in [4.78, 5) is 36.6. The highest BCUT2D eigenvalue weighted by atomic mass is 35.5. The predicted octanol–water partition coefficient (Wildman–Crippen LogP) is 4.92. The molecule has 0 saturated carbocycles. The number of carbonyl (C=O) groups excluding carboxylic acids is 2. The van der Waals surface area contributed by atoms with Crippen molar-refractivity contribution >= 4 is 45.6 Å². The topological polar surface area (TPSA) is 115 Å². The summed E-state index contributed by atoms with van der Waals surface area (Å²) in [7, 11) is 0. The molecule has 0 aliphatic heterocycles. The Morgan fingerprint density at radius 1 is 1.03 bits per heavy atom. The monoisotopic (exact) mass is 481 g/mol. The second-order valence-corrected chi connectivity index (χ2v) is 7.89. The number of rotatable bonds is 7. The van der Waals surface area contributed by atoms with Crippen LogP contribution < -0.4 is 15.5 Å². The van der Waals surface area contributed by atoms with E-state index in [1.165, 1.54) is 24.3 Å². The largest absolute Gasteiger partial charge is 0.507 e. The molecule has 0 aliphatic carbocycles. The molecule has 174 valence electrons. The summed E-state index contributed by atoms with van der Waals surface area (Å²) in [5.41, 5.74) is 0.754. The normalized spacial score (nSPS) is 10.9. The fraction of sp³-hybridized carbons (Fsp3) is 0.160. The van der Waals surface area contributed by atoms with Crippen molar-refractivity contribution in [2.24, 2.45) is 0 Å². The van der Waals surface area contributed by atoms with Gasteiger partial charge in [-0.1, -0.05) is 41.9 Å². The van der Waals surface area contributed by atoms with Crippen molar-refractivity contribution in [3.05, 3.63) is 81.5 Å². The Labute approximate surface area is 198 Å². The van der Waals surface area contributed by atoms with Crippen LogP contribution in [0.3, 0.4) is 0 Å². The molecule has 0 radical (unpaired) electrons. The Hall–Kier alpha value is -4.04. The predicted molar refractivity (Wildman–Crippen MR) is 126 cm³/mol. The van der Waals surface area contributed by atoms with Gasteiger partial charge in [0.05, 0.1) is 5.39 Å². The standard InChI is InChI=1S/C25H20ClNO7/c26-16-8-9-18-20(11-16)34-21-13-17(12-19(28)23(21)24(18)30)33-22(29)7-4-10-27-25(31)32-14-15-5-2-1-3-6-15/h1-3,5-6,8-9,11-13,28H,4,7,10,14H2,(H,27,31). The lowest BCUT2D eigenvalue weighted by atomic mass is 10.1. The molecule has 1 amide bonds. The minimum atomic E-state index is -0.584. The zero-order valence-corrected chi connectivity index (χ0v) is 18.6. The van der Waals surface area contributed by atoms with Gasteiger partial charge in [-0.25, -0.2) is 4.79 Å². The Balaban J connectivity index is 1.32. The first kappa shape index (κ1) is 23.1. The third-order valence-electron chi connectivity index (χ3n) is 4.96. The molecule has 9 heteroatoms. The van der Waals surface area contributed by atoms with Crippen LogP contribution >= 0.6 is 11.6 Å². The van der Waals surface area contributed by atoms with E-state index in [0.717, 1.165) is 5.56 Å². The van der Waals surface area contributed by atoms with E-state index in [1.54, 1.807) is 6.07 Å². The number of aromatic hydroxyl groups is 1. The number of nitrogens with one attached hydrogen (secondary N) is 1. The summed E-state index contributed by atoms with van der Waals surface area (Å²) in [6, 6.07) is 16.4. The summed E-state index contributed by atoms with van der Waals surface area (Å²) in [6.07, 6.45) is -0.259. The van der Waals surface area contributed by atoms with Gasteiger partial charge in [-0.05, 0) is 24.1 Å². The van der Waals surface area contributed by atoms with Crippen LogP contribution in [0.5, 0.6) is 11.5 Å². The zero-order valence-electron chi connectivity index (χ0n) is 17.9. The van der Waals surface area contributed by atoms with Gasteiger partial charge < -0.3 is 24.3 Å². The first-order chi connectivity index (χ1) is 16.4. The van der Waals surface area contributed by atoms with E-state index in [1.807, 2.05) is 30.3 Å². The molecule has 0 aliphatic rings. The van der Waals surface area contributed by atoms with Gasteiger partial charge in [0.25, 0.3) is 0 Å². The van der Waals surface area contributed by atoms with Crippen LogP contribution in [0.15, 0.2) is 69.9 Å². The van der Waals surface area contributed by atoms with Gasteiger partial charge in [0.2, 0.25) is 5.43 Å². The fourth-order valence-corrected chi connectivity index (χ4v) is 3.51. The molecule has 0 saturated heterocycles. The summed E-state index contributed by atoms with van der Waals surface area (Å²) in [6.45, 7) is 0.366. The Morgan fingerprint density at radius 2 is 1.82 bits per heavy atom. The van der Waals surface area contributed by atoms with Crippen molar-refractivity contribution in [1.82, 2.24) is 5.32 Å². The minimum absolute atomic E-state index is 0.00897.